The van der Waals surface area contributed by atoms with Crippen LogP contribution >= 0.6 is 8.58 Å². The van der Waals surface area contributed by atoms with Gasteiger partial charge < -0.3 is 5.11 Å². The van der Waals surface area contributed by atoms with Crippen LogP contribution in [-0.2, 0) is 6.54 Å². The number of benzene rings is 2. The smallest absolute Gasteiger partial charge is 0.119 e. The molecule has 0 spiro atoms. The second kappa shape index (κ2) is 9.71. The number of hydrogen-bond acceptors (Lipinski definition) is 2. The van der Waals surface area contributed by atoms with Crippen molar-refractivity contribution >= 4 is 13.9 Å². The highest BCUT2D eigenvalue weighted by Gasteiger charge is 2.20. The van der Waals surface area contributed by atoms with Crippen molar-refractivity contribution in [1.82, 2.24) is 4.90 Å². The zero-order valence-corrected chi connectivity index (χ0v) is 19.0. The molecule has 27 heavy (non-hydrogen) atoms. The van der Waals surface area contributed by atoms with Crippen LogP contribution in [0.1, 0.15) is 69.0 Å². The molecule has 0 bridgehead atoms. The van der Waals surface area contributed by atoms with Gasteiger partial charge in [0.2, 0.25) is 0 Å². The number of phenolic OH excluding ortho intramolecular Hbond substituents is 1. The van der Waals surface area contributed by atoms with Gasteiger partial charge in [0, 0.05) is 29.9 Å². The second-order valence-corrected chi connectivity index (χ2v) is 9.62. The van der Waals surface area contributed by atoms with Crippen molar-refractivity contribution in [2.45, 2.75) is 79.2 Å². The molecule has 3 heteroatoms. The summed E-state index contributed by atoms with van der Waals surface area (Å²) < 4.78 is 0. The lowest BCUT2D eigenvalue weighted by Crippen LogP contribution is -2.37. The van der Waals surface area contributed by atoms with Gasteiger partial charge in [-0.15, -0.1) is 0 Å². The molecule has 0 aliphatic heterocycles. The van der Waals surface area contributed by atoms with E-state index in [1.807, 2.05) is 12.1 Å². The Morgan fingerprint density at radius 3 is 2.26 bits per heavy atom. The van der Waals surface area contributed by atoms with E-state index >= 15 is 0 Å². The first-order chi connectivity index (χ1) is 12.7. The zero-order valence-electron chi connectivity index (χ0n) is 18.0. The standard InChI is InChI=1S/C24H36NOP/c1-8-23(21-14-18(6)12-13-22(21)26)27-24-19(7)10-9-11-20(24)15-25(16(2)3)17(4)5/h9-14,16-17,23,26-27H,8,15H2,1-7H3. The van der Waals surface area contributed by atoms with Crippen molar-refractivity contribution in [3.05, 3.63) is 58.7 Å². The van der Waals surface area contributed by atoms with E-state index in [2.05, 4.69) is 77.6 Å². The molecular weight excluding hydrogens is 349 g/mol. The molecule has 0 saturated heterocycles. The first-order valence-corrected chi connectivity index (χ1v) is 11.2. The Hall–Kier alpha value is -1.37. The molecule has 0 fully saturated rings. The van der Waals surface area contributed by atoms with Crippen LogP contribution in [-0.4, -0.2) is 22.1 Å². The number of nitrogens with zero attached hydrogens (tertiary/aromatic N) is 1. The number of aromatic hydroxyl groups is 1. The van der Waals surface area contributed by atoms with Gasteiger partial charge in [-0.3, -0.25) is 4.90 Å². The highest BCUT2D eigenvalue weighted by molar-refractivity contribution is 7.47. The van der Waals surface area contributed by atoms with Crippen molar-refractivity contribution in [1.29, 1.82) is 0 Å². The number of aryl methyl sites for hydroxylation is 2. The van der Waals surface area contributed by atoms with E-state index in [1.165, 1.54) is 22.0 Å². The maximum atomic E-state index is 10.4. The van der Waals surface area contributed by atoms with E-state index in [0.29, 0.717) is 32.1 Å². The quantitative estimate of drug-likeness (QED) is 0.556. The summed E-state index contributed by atoms with van der Waals surface area (Å²) >= 11 is 0. The van der Waals surface area contributed by atoms with Gasteiger partial charge in [-0.25, -0.2) is 0 Å². The third-order valence-corrected chi connectivity index (χ3v) is 7.40. The molecule has 2 nitrogen and oxygen atoms in total. The third-order valence-electron chi connectivity index (χ3n) is 5.32. The maximum absolute atomic E-state index is 10.4. The number of phenols is 1. The van der Waals surface area contributed by atoms with E-state index < -0.39 is 0 Å². The van der Waals surface area contributed by atoms with Gasteiger partial charge in [-0.05, 0) is 70.5 Å². The summed E-state index contributed by atoms with van der Waals surface area (Å²) in [6, 6.07) is 13.7. The lowest BCUT2D eigenvalue weighted by Gasteiger charge is -2.32. The third kappa shape index (κ3) is 5.56. The summed E-state index contributed by atoms with van der Waals surface area (Å²) in [7, 11) is 0.663. The number of rotatable bonds is 8. The van der Waals surface area contributed by atoms with E-state index in [1.54, 1.807) is 0 Å². The van der Waals surface area contributed by atoms with Crippen LogP contribution in [0.4, 0.5) is 0 Å². The molecule has 2 rings (SSSR count). The van der Waals surface area contributed by atoms with Gasteiger partial charge in [-0.1, -0.05) is 51.4 Å². The molecule has 2 atom stereocenters. The van der Waals surface area contributed by atoms with Crippen molar-refractivity contribution in [2.24, 2.45) is 0 Å². The molecule has 0 heterocycles. The maximum Gasteiger partial charge on any atom is 0.119 e. The lowest BCUT2D eigenvalue weighted by molar-refractivity contribution is 0.166. The molecule has 0 aliphatic rings. The Labute approximate surface area is 167 Å². The van der Waals surface area contributed by atoms with Crippen molar-refractivity contribution < 1.29 is 5.11 Å². The minimum atomic E-state index is 0.358. The molecule has 0 saturated carbocycles. The molecule has 2 aromatic rings. The first kappa shape index (κ1) is 21.9. The van der Waals surface area contributed by atoms with Gasteiger partial charge in [0.15, 0.2) is 0 Å². The minimum Gasteiger partial charge on any atom is -0.508 e. The summed E-state index contributed by atoms with van der Waals surface area (Å²) in [5, 5.41) is 11.9. The van der Waals surface area contributed by atoms with Gasteiger partial charge in [0.25, 0.3) is 0 Å². The fourth-order valence-electron chi connectivity index (χ4n) is 3.75. The highest BCUT2D eigenvalue weighted by atomic mass is 31.1. The SMILES string of the molecule is CCC(Pc1c(C)cccc1CN(C(C)C)C(C)C)c1cc(C)ccc1O. The van der Waals surface area contributed by atoms with Crippen LogP contribution < -0.4 is 5.30 Å². The summed E-state index contributed by atoms with van der Waals surface area (Å²) in [4.78, 5) is 2.55. The molecule has 0 radical (unpaired) electrons. The average molecular weight is 386 g/mol. The van der Waals surface area contributed by atoms with Gasteiger partial charge in [-0.2, -0.15) is 0 Å². The molecule has 2 unspecified atom stereocenters. The van der Waals surface area contributed by atoms with E-state index in [0.717, 1.165) is 18.5 Å². The molecule has 0 aromatic heterocycles. The van der Waals surface area contributed by atoms with Crippen LogP contribution in [0.5, 0.6) is 5.75 Å². The van der Waals surface area contributed by atoms with Crippen LogP contribution in [0.3, 0.4) is 0 Å². The Kier molecular flexibility index (Phi) is 7.89. The van der Waals surface area contributed by atoms with Crippen LogP contribution in [0.2, 0.25) is 0 Å². The van der Waals surface area contributed by atoms with Crippen molar-refractivity contribution in [3.63, 3.8) is 0 Å². The zero-order chi connectivity index (χ0) is 20.1. The predicted octanol–water partition coefficient (Wildman–Crippen LogP) is 6.08. The first-order valence-electron chi connectivity index (χ1n) is 10.1. The normalized spacial score (nSPS) is 13.4. The van der Waals surface area contributed by atoms with Crippen molar-refractivity contribution in [3.8, 4) is 5.75 Å². The minimum absolute atomic E-state index is 0.358. The van der Waals surface area contributed by atoms with Crippen molar-refractivity contribution in [2.75, 3.05) is 0 Å². The Morgan fingerprint density at radius 1 is 1.00 bits per heavy atom. The molecule has 0 amide bonds. The van der Waals surface area contributed by atoms with Crippen LogP contribution in [0.25, 0.3) is 0 Å². The lowest BCUT2D eigenvalue weighted by atomic mass is 10.1. The predicted molar refractivity (Wildman–Crippen MR) is 121 cm³/mol. The molecule has 2 aromatic carbocycles. The molecular formula is C24H36NOP. The topological polar surface area (TPSA) is 23.5 Å². The molecule has 148 valence electrons. The van der Waals surface area contributed by atoms with Gasteiger partial charge >= 0.3 is 0 Å². The summed E-state index contributed by atoms with van der Waals surface area (Å²) in [5.41, 5.74) is 5.46. The Bertz CT molecular complexity index is 746. The Balaban J connectivity index is 2.38. The summed E-state index contributed by atoms with van der Waals surface area (Å²) in [6.07, 6.45) is 1.03. The fraction of sp³-hybridized carbons (Fsp3) is 0.500. The van der Waals surface area contributed by atoms with Crippen LogP contribution in [0, 0.1) is 13.8 Å². The van der Waals surface area contributed by atoms with E-state index in [9.17, 15) is 5.11 Å². The largest absolute Gasteiger partial charge is 0.508 e. The monoisotopic (exact) mass is 385 g/mol. The second-order valence-electron chi connectivity index (χ2n) is 8.14. The Morgan fingerprint density at radius 2 is 1.67 bits per heavy atom. The van der Waals surface area contributed by atoms with Gasteiger partial charge in [0.05, 0.1) is 0 Å². The fourth-order valence-corrected chi connectivity index (χ4v) is 5.35. The molecule has 1 N–H and O–H groups in total. The van der Waals surface area contributed by atoms with E-state index in [-0.39, 0.29) is 0 Å². The average Bonchev–Trinajstić information content (AvgIpc) is 2.60. The number of hydrogen-bond donors (Lipinski definition) is 1. The van der Waals surface area contributed by atoms with Gasteiger partial charge in [0.1, 0.15) is 5.75 Å². The van der Waals surface area contributed by atoms with E-state index in [4.69, 9.17) is 0 Å². The summed E-state index contributed by atoms with van der Waals surface area (Å²) in [5.74, 6) is 0.432. The van der Waals surface area contributed by atoms with Crippen LogP contribution in [0.15, 0.2) is 36.4 Å². The highest BCUT2D eigenvalue weighted by Crippen LogP contribution is 2.42. The molecule has 0 aliphatic carbocycles. The summed E-state index contributed by atoms with van der Waals surface area (Å²) in [6.45, 7) is 16.6.